The van der Waals surface area contributed by atoms with E-state index >= 15 is 0 Å². The van der Waals surface area contributed by atoms with Crippen molar-refractivity contribution in [2.24, 2.45) is 0 Å². The Morgan fingerprint density at radius 2 is 1.60 bits per heavy atom. The van der Waals surface area contributed by atoms with E-state index in [1.165, 1.54) is 27.1 Å². The summed E-state index contributed by atoms with van der Waals surface area (Å²) >= 11 is 0. The lowest BCUT2D eigenvalue weighted by atomic mass is 9.96. The molecule has 0 saturated heterocycles. The molecule has 0 aliphatic carbocycles. The zero-order valence-electron chi connectivity index (χ0n) is 11.6. The van der Waals surface area contributed by atoms with Crippen LogP contribution in [0.5, 0.6) is 0 Å². The van der Waals surface area contributed by atoms with Gasteiger partial charge in [-0.15, -0.1) is 12.3 Å². The standard InChI is InChI=1S/C20H18/c1-2-3-4-5-9-16-11-8-13-20-18-12-7-6-10-17(18)14-15-19(16)20/h1,6-8,10-15H,3-5,9H2. The first-order valence-corrected chi connectivity index (χ1v) is 7.23. The van der Waals surface area contributed by atoms with Gasteiger partial charge < -0.3 is 0 Å². The van der Waals surface area contributed by atoms with Crippen molar-refractivity contribution in [2.75, 3.05) is 0 Å². The molecule has 0 bridgehead atoms. The van der Waals surface area contributed by atoms with E-state index in [1.54, 1.807) is 0 Å². The highest BCUT2D eigenvalue weighted by Crippen LogP contribution is 2.28. The fourth-order valence-electron chi connectivity index (χ4n) is 2.87. The summed E-state index contributed by atoms with van der Waals surface area (Å²) in [5.41, 5.74) is 1.44. The van der Waals surface area contributed by atoms with Crippen molar-refractivity contribution in [3.63, 3.8) is 0 Å². The van der Waals surface area contributed by atoms with E-state index in [9.17, 15) is 0 Å². The molecule has 0 N–H and O–H groups in total. The van der Waals surface area contributed by atoms with E-state index in [0.717, 1.165) is 25.7 Å². The summed E-state index contributed by atoms with van der Waals surface area (Å²) < 4.78 is 0. The first-order valence-electron chi connectivity index (χ1n) is 7.23. The van der Waals surface area contributed by atoms with Crippen LogP contribution in [-0.4, -0.2) is 0 Å². The molecule has 0 heteroatoms. The number of aryl methyl sites for hydroxylation is 1. The lowest BCUT2D eigenvalue weighted by molar-refractivity contribution is 0.760. The summed E-state index contributed by atoms with van der Waals surface area (Å²) in [6.45, 7) is 0. The summed E-state index contributed by atoms with van der Waals surface area (Å²) in [4.78, 5) is 0. The summed E-state index contributed by atoms with van der Waals surface area (Å²) in [7, 11) is 0. The topological polar surface area (TPSA) is 0 Å². The summed E-state index contributed by atoms with van der Waals surface area (Å²) in [6, 6.07) is 19.7. The molecule has 0 amide bonds. The Hall–Kier alpha value is -2.26. The smallest absolute Gasteiger partial charge is 0.00861 e. The summed E-state index contributed by atoms with van der Waals surface area (Å²) in [5.74, 6) is 2.72. The van der Waals surface area contributed by atoms with Crippen molar-refractivity contribution in [3.8, 4) is 12.3 Å². The Bertz CT molecular complexity index is 775. The third-order valence-corrected chi connectivity index (χ3v) is 3.89. The van der Waals surface area contributed by atoms with Crippen molar-refractivity contribution < 1.29 is 0 Å². The van der Waals surface area contributed by atoms with Crippen LogP contribution in [0.1, 0.15) is 24.8 Å². The first kappa shape index (κ1) is 12.8. The van der Waals surface area contributed by atoms with Gasteiger partial charge >= 0.3 is 0 Å². The van der Waals surface area contributed by atoms with Gasteiger partial charge in [0.2, 0.25) is 0 Å². The highest BCUT2D eigenvalue weighted by atomic mass is 14.1. The number of terminal acetylenes is 1. The van der Waals surface area contributed by atoms with Crippen LogP contribution in [0, 0.1) is 12.3 Å². The molecule has 0 saturated carbocycles. The van der Waals surface area contributed by atoms with E-state index in [0.29, 0.717) is 0 Å². The molecule has 0 nitrogen and oxygen atoms in total. The quantitative estimate of drug-likeness (QED) is 0.336. The minimum Gasteiger partial charge on any atom is -0.120 e. The van der Waals surface area contributed by atoms with E-state index < -0.39 is 0 Å². The molecule has 0 radical (unpaired) electrons. The molecular weight excluding hydrogens is 240 g/mol. The molecule has 0 aliphatic heterocycles. The maximum atomic E-state index is 5.31. The molecule has 3 rings (SSSR count). The lowest BCUT2D eigenvalue weighted by Gasteiger charge is -2.09. The molecule has 0 heterocycles. The fourth-order valence-corrected chi connectivity index (χ4v) is 2.87. The van der Waals surface area contributed by atoms with Gasteiger partial charge in [-0.05, 0) is 46.4 Å². The number of hydrogen-bond acceptors (Lipinski definition) is 0. The molecule has 0 fully saturated rings. The minimum atomic E-state index is 0.883. The van der Waals surface area contributed by atoms with Gasteiger partial charge in [-0.2, -0.15) is 0 Å². The zero-order chi connectivity index (χ0) is 13.8. The third kappa shape index (κ3) is 2.40. The Morgan fingerprint density at radius 3 is 2.50 bits per heavy atom. The Kier molecular flexibility index (Phi) is 3.70. The Labute approximate surface area is 120 Å². The Morgan fingerprint density at radius 1 is 0.750 bits per heavy atom. The number of fused-ring (bicyclic) bond motifs is 3. The zero-order valence-corrected chi connectivity index (χ0v) is 11.6. The summed E-state index contributed by atoms with van der Waals surface area (Å²) in [5, 5.41) is 5.39. The highest BCUT2D eigenvalue weighted by molar-refractivity contribution is 6.08. The van der Waals surface area contributed by atoms with E-state index in [-0.39, 0.29) is 0 Å². The predicted octanol–water partition coefficient (Wildman–Crippen LogP) is 5.34. The SMILES string of the molecule is C#CCCCCc1cccc2c1ccc1ccccc12. The van der Waals surface area contributed by atoms with Gasteiger partial charge in [0.25, 0.3) is 0 Å². The average molecular weight is 258 g/mol. The maximum absolute atomic E-state index is 5.31. The monoisotopic (exact) mass is 258 g/mol. The number of unbranched alkanes of at least 4 members (excludes halogenated alkanes) is 2. The molecular formula is C20H18. The molecule has 3 aromatic carbocycles. The van der Waals surface area contributed by atoms with Gasteiger partial charge in [-0.25, -0.2) is 0 Å². The van der Waals surface area contributed by atoms with Gasteiger partial charge in [0, 0.05) is 6.42 Å². The third-order valence-electron chi connectivity index (χ3n) is 3.89. The molecule has 0 atom stereocenters. The van der Waals surface area contributed by atoms with Crippen molar-refractivity contribution in [2.45, 2.75) is 25.7 Å². The predicted molar refractivity (Wildman–Crippen MR) is 87.8 cm³/mol. The van der Waals surface area contributed by atoms with Gasteiger partial charge in [0.1, 0.15) is 0 Å². The van der Waals surface area contributed by atoms with Gasteiger partial charge in [0.15, 0.2) is 0 Å². The van der Waals surface area contributed by atoms with Crippen LogP contribution < -0.4 is 0 Å². The normalized spacial score (nSPS) is 10.8. The van der Waals surface area contributed by atoms with Crippen LogP contribution in [0.4, 0.5) is 0 Å². The second-order valence-corrected chi connectivity index (χ2v) is 5.21. The number of benzene rings is 3. The van der Waals surface area contributed by atoms with Crippen molar-refractivity contribution in [1.82, 2.24) is 0 Å². The molecule has 0 spiro atoms. The van der Waals surface area contributed by atoms with Gasteiger partial charge in [-0.3, -0.25) is 0 Å². The van der Waals surface area contributed by atoms with Gasteiger partial charge in [-0.1, -0.05) is 54.6 Å². The van der Waals surface area contributed by atoms with Crippen LogP contribution in [-0.2, 0) is 6.42 Å². The second-order valence-electron chi connectivity index (χ2n) is 5.21. The van der Waals surface area contributed by atoms with Crippen molar-refractivity contribution >= 4 is 21.5 Å². The minimum absolute atomic E-state index is 0.883. The largest absolute Gasteiger partial charge is 0.120 e. The van der Waals surface area contributed by atoms with E-state index in [4.69, 9.17) is 6.42 Å². The van der Waals surface area contributed by atoms with E-state index in [1.807, 2.05) is 0 Å². The highest BCUT2D eigenvalue weighted by Gasteiger charge is 2.04. The maximum Gasteiger partial charge on any atom is 0.00861 e. The molecule has 0 unspecified atom stereocenters. The van der Waals surface area contributed by atoms with E-state index in [2.05, 4.69) is 60.5 Å². The Balaban J connectivity index is 2.02. The first-order chi connectivity index (χ1) is 9.90. The fraction of sp³-hybridized carbons (Fsp3) is 0.200. The van der Waals surface area contributed by atoms with Crippen molar-refractivity contribution in [1.29, 1.82) is 0 Å². The molecule has 3 aromatic rings. The molecule has 0 aromatic heterocycles. The number of hydrogen-bond donors (Lipinski definition) is 0. The van der Waals surface area contributed by atoms with Crippen LogP contribution in [0.25, 0.3) is 21.5 Å². The summed E-state index contributed by atoms with van der Waals surface area (Å²) in [6.07, 6.45) is 9.58. The van der Waals surface area contributed by atoms with Crippen LogP contribution in [0.15, 0.2) is 54.6 Å². The van der Waals surface area contributed by atoms with Crippen LogP contribution in [0.2, 0.25) is 0 Å². The molecule has 0 aliphatic rings. The average Bonchev–Trinajstić information content (AvgIpc) is 2.51. The molecule has 20 heavy (non-hydrogen) atoms. The lowest BCUT2D eigenvalue weighted by Crippen LogP contribution is -1.88. The van der Waals surface area contributed by atoms with Crippen LogP contribution in [0.3, 0.4) is 0 Å². The number of rotatable bonds is 4. The van der Waals surface area contributed by atoms with Crippen molar-refractivity contribution in [3.05, 3.63) is 60.2 Å². The second kappa shape index (κ2) is 5.80. The van der Waals surface area contributed by atoms with Gasteiger partial charge in [0.05, 0.1) is 0 Å². The van der Waals surface area contributed by atoms with Crippen LogP contribution >= 0.6 is 0 Å². The molecule has 98 valence electrons.